The zero-order valence-electron chi connectivity index (χ0n) is 11.7. The Morgan fingerprint density at radius 1 is 1.24 bits per heavy atom. The van der Waals surface area contributed by atoms with Crippen LogP contribution in [0.4, 0.5) is 18.9 Å². The van der Waals surface area contributed by atoms with Gasteiger partial charge in [0.2, 0.25) is 5.91 Å². The van der Waals surface area contributed by atoms with E-state index in [0.29, 0.717) is 17.9 Å². The Morgan fingerprint density at radius 2 is 1.90 bits per heavy atom. The number of alkyl halides is 3. The Labute approximate surface area is 121 Å². The van der Waals surface area contributed by atoms with E-state index in [1.54, 1.807) is 0 Å². The zero-order valence-corrected chi connectivity index (χ0v) is 11.7. The second-order valence-corrected chi connectivity index (χ2v) is 5.52. The van der Waals surface area contributed by atoms with Crippen LogP contribution in [-0.4, -0.2) is 5.91 Å². The van der Waals surface area contributed by atoms with Crippen LogP contribution in [0.25, 0.3) is 0 Å². The minimum absolute atomic E-state index is 0.00455. The molecule has 1 aliphatic rings. The van der Waals surface area contributed by atoms with Gasteiger partial charge in [0.1, 0.15) is 0 Å². The molecule has 0 saturated heterocycles. The summed E-state index contributed by atoms with van der Waals surface area (Å²) in [7, 11) is 0. The quantitative estimate of drug-likeness (QED) is 0.891. The Morgan fingerprint density at radius 3 is 2.48 bits per heavy atom. The van der Waals surface area contributed by atoms with Gasteiger partial charge < -0.3 is 11.1 Å². The summed E-state index contributed by atoms with van der Waals surface area (Å²) in [4.78, 5) is 11.9. The maximum atomic E-state index is 12.8. The van der Waals surface area contributed by atoms with E-state index in [1.165, 1.54) is 6.07 Å². The summed E-state index contributed by atoms with van der Waals surface area (Å²) < 4.78 is 38.4. The van der Waals surface area contributed by atoms with E-state index in [-0.39, 0.29) is 18.1 Å². The van der Waals surface area contributed by atoms with Gasteiger partial charge in [-0.15, -0.1) is 0 Å². The van der Waals surface area contributed by atoms with Crippen molar-refractivity contribution >= 4 is 11.6 Å². The van der Waals surface area contributed by atoms with Gasteiger partial charge in [-0.3, -0.25) is 4.79 Å². The smallest absolute Gasteiger partial charge is 0.326 e. The molecule has 0 aromatic heterocycles. The van der Waals surface area contributed by atoms with Crippen molar-refractivity contribution in [3.63, 3.8) is 0 Å². The fourth-order valence-corrected chi connectivity index (χ4v) is 2.73. The van der Waals surface area contributed by atoms with E-state index >= 15 is 0 Å². The van der Waals surface area contributed by atoms with Crippen LogP contribution in [0.15, 0.2) is 18.2 Å². The van der Waals surface area contributed by atoms with Crippen LogP contribution in [-0.2, 0) is 17.5 Å². The minimum Gasteiger partial charge on any atom is -0.326 e. The molecule has 1 saturated carbocycles. The first-order valence-electron chi connectivity index (χ1n) is 7.09. The second kappa shape index (κ2) is 6.47. The molecule has 0 radical (unpaired) electrons. The number of carbonyl (C=O) groups is 1. The molecule has 0 unspecified atom stereocenters. The predicted molar refractivity (Wildman–Crippen MR) is 74.5 cm³/mol. The van der Waals surface area contributed by atoms with E-state index in [0.717, 1.165) is 37.8 Å². The Bertz CT molecular complexity index is 508. The standard InChI is InChI=1S/C15H19F3N2O/c16-15(17,18)12-5-11(9-19)6-13(8-12)20-14(21)7-10-3-1-2-4-10/h5-6,8,10H,1-4,7,9,19H2,(H,20,21). The van der Waals surface area contributed by atoms with Gasteiger partial charge in [0.05, 0.1) is 5.56 Å². The van der Waals surface area contributed by atoms with Gasteiger partial charge in [-0.1, -0.05) is 12.8 Å². The number of anilines is 1. The van der Waals surface area contributed by atoms with Crippen molar-refractivity contribution in [3.05, 3.63) is 29.3 Å². The largest absolute Gasteiger partial charge is 0.416 e. The molecule has 0 spiro atoms. The van der Waals surface area contributed by atoms with Crippen LogP contribution in [0.5, 0.6) is 0 Å². The molecule has 0 bridgehead atoms. The Kier molecular flexibility index (Phi) is 4.88. The van der Waals surface area contributed by atoms with Gasteiger partial charge >= 0.3 is 6.18 Å². The van der Waals surface area contributed by atoms with Gasteiger partial charge in [0.25, 0.3) is 0 Å². The van der Waals surface area contributed by atoms with Crippen molar-refractivity contribution in [2.45, 2.75) is 44.8 Å². The van der Waals surface area contributed by atoms with E-state index in [9.17, 15) is 18.0 Å². The first-order chi connectivity index (χ1) is 9.88. The van der Waals surface area contributed by atoms with Crippen molar-refractivity contribution in [1.82, 2.24) is 0 Å². The molecule has 3 nitrogen and oxygen atoms in total. The van der Waals surface area contributed by atoms with Crippen molar-refractivity contribution in [2.24, 2.45) is 11.7 Å². The molecule has 1 aromatic rings. The summed E-state index contributed by atoms with van der Waals surface area (Å²) in [5.74, 6) is 0.119. The molecule has 6 heteroatoms. The SMILES string of the molecule is NCc1cc(NC(=O)CC2CCCC2)cc(C(F)(F)F)c1. The zero-order chi connectivity index (χ0) is 15.5. The number of hydrogen-bond donors (Lipinski definition) is 2. The molecule has 1 aliphatic carbocycles. The minimum atomic E-state index is -4.45. The second-order valence-electron chi connectivity index (χ2n) is 5.52. The highest BCUT2D eigenvalue weighted by Gasteiger charge is 2.31. The van der Waals surface area contributed by atoms with E-state index in [1.807, 2.05) is 0 Å². The highest BCUT2D eigenvalue weighted by molar-refractivity contribution is 5.91. The number of rotatable bonds is 4. The molecule has 1 amide bonds. The fourth-order valence-electron chi connectivity index (χ4n) is 2.73. The highest BCUT2D eigenvalue weighted by atomic mass is 19.4. The van der Waals surface area contributed by atoms with Crippen molar-refractivity contribution < 1.29 is 18.0 Å². The lowest BCUT2D eigenvalue weighted by molar-refractivity contribution is -0.137. The number of nitrogens with one attached hydrogen (secondary N) is 1. The third kappa shape index (κ3) is 4.46. The van der Waals surface area contributed by atoms with Gasteiger partial charge in [-0.05, 0) is 42.5 Å². The first-order valence-corrected chi connectivity index (χ1v) is 7.09. The lowest BCUT2D eigenvalue weighted by atomic mass is 10.0. The number of nitrogens with two attached hydrogens (primary N) is 1. The van der Waals surface area contributed by atoms with Crippen molar-refractivity contribution in [3.8, 4) is 0 Å². The van der Waals surface area contributed by atoms with Crippen molar-refractivity contribution in [2.75, 3.05) is 5.32 Å². The van der Waals surface area contributed by atoms with E-state index in [4.69, 9.17) is 5.73 Å². The molecule has 116 valence electrons. The molecule has 21 heavy (non-hydrogen) atoms. The maximum Gasteiger partial charge on any atom is 0.416 e. The van der Waals surface area contributed by atoms with Gasteiger partial charge in [-0.25, -0.2) is 0 Å². The molecule has 1 fully saturated rings. The van der Waals surface area contributed by atoms with Crippen LogP contribution >= 0.6 is 0 Å². The van der Waals surface area contributed by atoms with Crippen LogP contribution in [0, 0.1) is 5.92 Å². The summed E-state index contributed by atoms with van der Waals surface area (Å²) in [5, 5.41) is 2.56. The summed E-state index contributed by atoms with van der Waals surface area (Å²) in [6.45, 7) is -0.00455. The molecule has 3 N–H and O–H groups in total. The Hall–Kier alpha value is -1.56. The van der Waals surface area contributed by atoms with Crippen molar-refractivity contribution in [1.29, 1.82) is 0 Å². The number of halogens is 3. The number of carbonyl (C=O) groups excluding carboxylic acids is 1. The topological polar surface area (TPSA) is 55.1 Å². The lowest BCUT2D eigenvalue weighted by Crippen LogP contribution is -2.16. The van der Waals surface area contributed by atoms with E-state index < -0.39 is 11.7 Å². The fraction of sp³-hybridized carbons (Fsp3) is 0.533. The molecular formula is C15H19F3N2O. The summed E-state index contributed by atoms with van der Waals surface area (Å²) >= 11 is 0. The van der Waals surface area contributed by atoms with Gasteiger partial charge in [0, 0.05) is 18.7 Å². The molecule has 2 rings (SSSR count). The molecule has 0 heterocycles. The molecular weight excluding hydrogens is 281 g/mol. The number of hydrogen-bond acceptors (Lipinski definition) is 2. The van der Waals surface area contributed by atoms with Crippen LogP contribution < -0.4 is 11.1 Å². The summed E-state index contributed by atoms with van der Waals surface area (Å²) in [6.07, 6.45) is 0.204. The molecule has 1 aromatic carbocycles. The average Bonchev–Trinajstić information content (AvgIpc) is 2.89. The lowest BCUT2D eigenvalue weighted by Gasteiger charge is -2.13. The van der Waals surface area contributed by atoms with Crippen LogP contribution in [0.1, 0.15) is 43.2 Å². The van der Waals surface area contributed by atoms with Gasteiger partial charge in [0.15, 0.2) is 0 Å². The third-order valence-corrected chi connectivity index (χ3v) is 3.79. The summed E-state index contributed by atoms with van der Waals surface area (Å²) in [5.41, 5.74) is 5.13. The molecule has 0 atom stereocenters. The third-order valence-electron chi connectivity index (χ3n) is 3.79. The first kappa shape index (κ1) is 15.8. The monoisotopic (exact) mass is 300 g/mol. The summed E-state index contributed by atoms with van der Waals surface area (Å²) in [6, 6.07) is 3.44. The molecule has 0 aliphatic heterocycles. The average molecular weight is 300 g/mol. The normalized spacial score (nSPS) is 16.2. The van der Waals surface area contributed by atoms with Crippen LogP contribution in [0.2, 0.25) is 0 Å². The number of amides is 1. The van der Waals surface area contributed by atoms with Crippen LogP contribution in [0.3, 0.4) is 0 Å². The number of benzene rings is 1. The Balaban J connectivity index is 2.09. The van der Waals surface area contributed by atoms with E-state index in [2.05, 4.69) is 5.32 Å². The highest BCUT2D eigenvalue weighted by Crippen LogP contribution is 2.32. The predicted octanol–water partition coefficient (Wildman–Crippen LogP) is 3.68. The van der Waals surface area contributed by atoms with Gasteiger partial charge in [-0.2, -0.15) is 13.2 Å². The maximum absolute atomic E-state index is 12.8.